The van der Waals surface area contributed by atoms with Crippen LogP contribution in [0.5, 0.6) is 11.5 Å². The Morgan fingerprint density at radius 3 is 2.90 bits per heavy atom. The number of nitrogens with one attached hydrogen (secondary N) is 1. The number of hydrogen-bond donors (Lipinski definition) is 2. The van der Waals surface area contributed by atoms with Crippen LogP contribution in [0, 0.1) is 0 Å². The number of hydrogen-bond acceptors (Lipinski definition) is 4. The highest BCUT2D eigenvalue weighted by molar-refractivity contribution is 6.06. The summed E-state index contributed by atoms with van der Waals surface area (Å²) in [5.41, 5.74) is 1.06. The van der Waals surface area contributed by atoms with Gasteiger partial charge >= 0.3 is 0 Å². The number of phenolic OH excluding ortho intramolecular Hbond substituents is 1. The minimum absolute atomic E-state index is 0.00709. The number of phenols is 1. The summed E-state index contributed by atoms with van der Waals surface area (Å²) in [5, 5.41) is 13.3. The van der Waals surface area contributed by atoms with Crippen molar-refractivity contribution in [1.29, 1.82) is 0 Å². The van der Waals surface area contributed by atoms with Crippen molar-refractivity contribution in [2.45, 2.75) is 65.0 Å². The molecule has 1 aliphatic rings. The number of ketones is 1. The van der Waals surface area contributed by atoms with Crippen molar-refractivity contribution in [1.82, 2.24) is 0 Å². The average molecular weight is 291 g/mol. The molecule has 0 radical (unpaired) electrons. The van der Waals surface area contributed by atoms with Crippen LogP contribution in [-0.4, -0.2) is 23.0 Å². The number of fused-ring (bicyclic) bond motifs is 1. The van der Waals surface area contributed by atoms with Crippen molar-refractivity contribution in [3.63, 3.8) is 0 Å². The number of benzene rings is 1. The largest absolute Gasteiger partial charge is 0.507 e. The standard InChI is InChI=1S/C17H25NO3/c1-4-5-6-7-12(3)21-13-9-14-17(16(20)10-13)15(19)8-11(2)18-14/h9-12,18,20H,4-8H2,1-3H3. The molecule has 0 bridgehead atoms. The minimum Gasteiger partial charge on any atom is -0.507 e. The maximum absolute atomic E-state index is 12.0. The van der Waals surface area contributed by atoms with Gasteiger partial charge in [0.25, 0.3) is 0 Å². The van der Waals surface area contributed by atoms with Crippen LogP contribution in [0.15, 0.2) is 12.1 Å². The van der Waals surface area contributed by atoms with E-state index in [9.17, 15) is 9.90 Å². The second kappa shape index (κ2) is 6.83. The summed E-state index contributed by atoms with van der Waals surface area (Å²) >= 11 is 0. The molecule has 0 amide bonds. The van der Waals surface area contributed by atoms with Gasteiger partial charge in [-0.2, -0.15) is 0 Å². The Morgan fingerprint density at radius 1 is 1.43 bits per heavy atom. The molecular formula is C17H25NO3. The molecule has 1 aromatic carbocycles. The van der Waals surface area contributed by atoms with Crippen LogP contribution in [0.25, 0.3) is 0 Å². The van der Waals surface area contributed by atoms with Crippen LogP contribution in [0.4, 0.5) is 5.69 Å². The monoisotopic (exact) mass is 291 g/mol. The molecule has 0 aliphatic carbocycles. The first-order chi connectivity index (χ1) is 10.0. The van der Waals surface area contributed by atoms with E-state index >= 15 is 0 Å². The summed E-state index contributed by atoms with van der Waals surface area (Å²) in [6.45, 7) is 6.17. The van der Waals surface area contributed by atoms with E-state index < -0.39 is 0 Å². The van der Waals surface area contributed by atoms with E-state index in [0.717, 1.165) is 12.8 Å². The van der Waals surface area contributed by atoms with Gasteiger partial charge in [0.15, 0.2) is 5.78 Å². The molecule has 116 valence electrons. The molecule has 1 aromatic rings. The van der Waals surface area contributed by atoms with E-state index in [1.54, 1.807) is 6.07 Å². The van der Waals surface area contributed by atoms with E-state index in [1.807, 2.05) is 19.9 Å². The summed E-state index contributed by atoms with van der Waals surface area (Å²) in [6, 6.07) is 3.45. The van der Waals surface area contributed by atoms with E-state index in [1.165, 1.54) is 12.8 Å². The molecule has 21 heavy (non-hydrogen) atoms. The van der Waals surface area contributed by atoms with Gasteiger partial charge in [-0.3, -0.25) is 4.79 Å². The Kier molecular flexibility index (Phi) is 5.10. The predicted octanol–water partition coefficient (Wildman–Crippen LogP) is 4.13. The second-order valence-corrected chi connectivity index (χ2v) is 5.96. The molecule has 0 saturated heterocycles. The lowest BCUT2D eigenvalue weighted by atomic mass is 9.96. The molecule has 0 fully saturated rings. The molecule has 2 N–H and O–H groups in total. The normalized spacial score (nSPS) is 18.8. The van der Waals surface area contributed by atoms with Crippen LogP contribution in [0.1, 0.15) is 63.2 Å². The quantitative estimate of drug-likeness (QED) is 0.774. The smallest absolute Gasteiger partial charge is 0.170 e. The Labute approximate surface area is 126 Å². The highest BCUT2D eigenvalue weighted by atomic mass is 16.5. The molecule has 2 unspecified atom stereocenters. The van der Waals surface area contributed by atoms with Crippen molar-refractivity contribution in [3.8, 4) is 11.5 Å². The number of unbranched alkanes of at least 4 members (excludes halogenated alkanes) is 2. The molecular weight excluding hydrogens is 266 g/mol. The van der Waals surface area contributed by atoms with Crippen molar-refractivity contribution in [2.24, 2.45) is 0 Å². The van der Waals surface area contributed by atoms with Gasteiger partial charge in [0.1, 0.15) is 11.5 Å². The van der Waals surface area contributed by atoms with Crippen molar-refractivity contribution < 1.29 is 14.6 Å². The lowest BCUT2D eigenvalue weighted by Gasteiger charge is -2.25. The third-order valence-electron chi connectivity index (χ3n) is 3.81. The number of ether oxygens (including phenoxy) is 1. The summed E-state index contributed by atoms with van der Waals surface area (Å²) in [6.07, 6.45) is 5.04. The first-order valence-corrected chi connectivity index (χ1v) is 7.84. The summed E-state index contributed by atoms with van der Waals surface area (Å²) in [4.78, 5) is 12.0. The fraction of sp³-hybridized carbons (Fsp3) is 0.588. The van der Waals surface area contributed by atoms with E-state index in [4.69, 9.17) is 4.74 Å². The molecule has 2 rings (SSSR count). The van der Waals surface area contributed by atoms with Crippen molar-refractivity contribution in [2.75, 3.05) is 5.32 Å². The van der Waals surface area contributed by atoms with Gasteiger partial charge in [-0.25, -0.2) is 0 Å². The Balaban J connectivity index is 2.10. The third-order valence-corrected chi connectivity index (χ3v) is 3.81. The first kappa shape index (κ1) is 15.7. The van der Waals surface area contributed by atoms with Crippen LogP contribution in [0.2, 0.25) is 0 Å². The zero-order chi connectivity index (χ0) is 15.4. The first-order valence-electron chi connectivity index (χ1n) is 7.84. The van der Waals surface area contributed by atoms with Gasteiger partial charge in [-0.1, -0.05) is 19.8 Å². The van der Waals surface area contributed by atoms with Gasteiger partial charge in [0, 0.05) is 24.6 Å². The number of rotatable bonds is 6. The molecule has 4 heteroatoms. The molecule has 4 nitrogen and oxygen atoms in total. The number of carbonyl (C=O) groups is 1. The maximum Gasteiger partial charge on any atom is 0.170 e. The molecule has 1 heterocycles. The van der Waals surface area contributed by atoms with Gasteiger partial charge < -0.3 is 15.2 Å². The zero-order valence-electron chi connectivity index (χ0n) is 13.1. The average Bonchev–Trinajstić information content (AvgIpc) is 2.37. The Bertz CT molecular complexity index is 513. The van der Waals surface area contributed by atoms with Gasteiger partial charge in [0.2, 0.25) is 0 Å². The van der Waals surface area contributed by atoms with Crippen LogP contribution < -0.4 is 10.1 Å². The van der Waals surface area contributed by atoms with Gasteiger partial charge in [-0.15, -0.1) is 0 Å². The van der Waals surface area contributed by atoms with E-state index in [2.05, 4.69) is 12.2 Å². The second-order valence-electron chi connectivity index (χ2n) is 5.96. The van der Waals surface area contributed by atoms with E-state index in [-0.39, 0.29) is 23.7 Å². The van der Waals surface area contributed by atoms with Crippen LogP contribution >= 0.6 is 0 Å². The predicted molar refractivity (Wildman–Crippen MR) is 84.4 cm³/mol. The number of anilines is 1. The van der Waals surface area contributed by atoms with Crippen LogP contribution in [-0.2, 0) is 0 Å². The highest BCUT2D eigenvalue weighted by Gasteiger charge is 2.25. The Hall–Kier alpha value is -1.71. The van der Waals surface area contributed by atoms with Gasteiger partial charge in [-0.05, 0) is 26.7 Å². The molecule has 0 spiro atoms. The fourth-order valence-electron chi connectivity index (χ4n) is 2.75. The van der Waals surface area contributed by atoms with E-state index in [0.29, 0.717) is 23.4 Å². The lowest BCUT2D eigenvalue weighted by molar-refractivity contribution is 0.0972. The molecule has 0 saturated carbocycles. The molecule has 2 atom stereocenters. The maximum atomic E-state index is 12.0. The van der Waals surface area contributed by atoms with Crippen LogP contribution in [0.3, 0.4) is 0 Å². The number of carbonyl (C=O) groups excluding carboxylic acids is 1. The molecule has 1 aliphatic heterocycles. The summed E-state index contributed by atoms with van der Waals surface area (Å²) < 4.78 is 5.87. The van der Waals surface area contributed by atoms with Crippen molar-refractivity contribution in [3.05, 3.63) is 17.7 Å². The number of Topliss-reactive ketones (excluding diaryl/α,β-unsaturated/α-hetero) is 1. The Morgan fingerprint density at radius 2 is 2.19 bits per heavy atom. The van der Waals surface area contributed by atoms with Crippen molar-refractivity contribution >= 4 is 11.5 Å². The lowest BCUT2D eigenvalue weighted by Crippen LogP contribution is -2.26. The molecule has 0 aromatic heterocycles. The SMILES string of the molecule is CCCCCC(C)Oc1cc(O)c2c(c1)NC(C)CC2=O. The fourth-order valence-corrected chi connectivity index (χ4v) is 2.75. The van der Waals surface area contributed by atoms with Gasteiger partial charge in [0.05, 0.1) is 17.4 Å². The third kappa shape index (κ3) is 3.90. The highest BCUT2D eigenvalue weighted by Crippen LogP contribution is 2.36. The zero-order valence-corrected chi connectivity index (χ0v) is 13.1. The summed E-state index contributed by atoms with van der Waals surface area (Å²) in [5.74, 6) is 0.605. The number of aromatic hydroxyl groups is 1. The summed E-state index contributed by atoms with van der Waals surface area (Å²) in [7, 11) is 0. The topological polar surface area (TPSA) is 58.6 Å². The minimum atomic E-state index is -0.0173.